The zero-order valence-corrected chi connectivity index (χ0v) is 22.7. The van der Waals surface area contributed by atoms with Crippen LogP contribution >= 0.6 is 0 Å². The molecule has 0 spiro atoms. The normalized spacial score (nSPS) is 14.5. The molecule has 1 atom stereocenters. The molecule has 5 aromatic carbocycles. The summed E-state index contributed by atoms with van der Waals surface area (Å²) in [4.78, 5) is 14.6. The van der Waals surface area contributed by atoms with E-state index in [-0.39, 0.29) is 5.92 Å². The Morgan fingerprint density at radius 1 is 0.476 bits per heavy atom. The maximum absolute atomic E-state index is 6.37. The number of aromatic nitrogens is 3. The number of furan rings is 1. The summed E-state index contributed by atoms with van der Waals surface area (Å²) >= 11 is 0. The van der Waals surface area contributed by atoms with Crippen LogP contribution in [0.15, 0.2) is 150 Å². The maximum atomic E-state index is 6.37. The summed E-state index contributed by atoms with van der Waals surface area (Å²) < 4.78 is 6.37. The first kappa shape index (κ1) is 24.2. The van der Waals surface area contributed by atoms with Crippen molar-refractivity contribution in [3.63, 3.8) is 0 Å². The van der Waals surface area contributed by atoms with E-state index in [1.165, 1.54) is 16.7 Å². The van der Waals surface area contributed by atoms with Crippen LogP contribution in [0.2, 0.25) is 0 Å². The maximum Gasteiger partial charge on any atom is 0.164 e. The van der Waals surface area contributed by atoms with Gasteiger partial charge in [0, 0.05) is 33.4 Å². The van der Waals surface area contributed by atoms with Gasteiger partial charge in [-0.05, 0) is 41.0 Å². The molecule has 2 heterocycles. The third-order valence-corrected chi connectivity index (χ3v) is 7.83. The Hall–Kier alpha value is -5.61. The van der Waals surface area contributed by atoms with E-state index >= 15 is 0 Å². The van der Waals surface area contributed by atoms with Crippen LogP contribution in [0.5, 0.6) is 0 Å². The van der Waals surface area contributed by atoms with E-state index < -0.39 is 0 Å². The van der Waals surface area contributed by atoms with Gasteiger partial charge >= 0.3 is 0 Å². The Labute approximate surface area is 243 Å². The average molecular weight is 540 g/mol. The van der Waals surface area contributed by atoms with Crippen molar-refractivity contribution in [1.29, 1.82) is 0 Å². The topological polar surface area (TPSA) is 51.8 Å². The summed E-state index contributed by atoms with van der Waals surface area (Å²) in [6.07, 6.45) is 6.63. The number of allylic oxidation sites excluding steroid dienone is 4. The first-order chi connectivity index (χ1) is 20.8. The van der Waals surface area contributed by atoms with Gasteiger partial charge in [-0.15, -0.1) is 0 Å². The van der Waals surface area contributed by atoms with Crippen LogP contribution in [0, 0.1) is 0 Å². The molecule has 2 aromatic heterocycles. The minimum absolute atomic E-state index is 0.207. The standard InChI is InChI=1S/C38H25N3O/c1-4-11-25(12-5-1)30-17-10-18-31(30)28-20-22-34-33(23-28)32-21-19-29(24-35(32)42-34)38-40-36(26-13-6-2-7-14-26)39-37(41-38)27-15-8-3-9-16-27/h1-24,31H. The molecule has 0 bridgehead atoms. The summed E-state index contributed by atoms with van der Waals surface area (Å²) in [5.41, 5.74) is 8.25. The first-order valence-electron chi connectivity index (χ1n) is 14.1. The highest BCUT2D eigenvalue weighted by atomic mass is 16.3. The fraction of sp³-hybridized carbons (Fsp3) is 0.0263. The van der Waals surface area contributed by atoms with Crippen LogP contribution in [0.25, 0.3) is 61.7 Å². The summed E-state index contributed by atoms with van der Waals surface area (Å²) in [5.74, 6) is 2.10. The Morgan fingerprint density at radius 2 is 1.07 bits per heavy atom. The molecule has 1 aliphatic rings. The molecule has 1 aliphatic carbocycles. The molecule has 4 heteroatoms. The number of fused-ring (bicyclic) bond motifs is 3. The number of rotatable bonds is 5. The van der Waals surface area contributed by atoms with E-state index in [1.807, 2.05) is 66.7 Å². The number of hydrogen-bond acceptors (Lipinski definition) is 4. The molecule has 0 saturated carbocycles. The predicted octanol–water partition coefficient (Wildman–Crippen LogP) is 9.51. The van der Waals surface area contributed by atoms with Crippen molar-refractivity contribution in [2.45, 2.75) is 5.92 Å². The van der Waals surface area contributed by atoms with E-state index in [1.54, 1.807) is 0 Å². The van der Waals surface area contributed by atoms with Gasteiger partial charge in [0.15, 0.2) is 17.5 Å². The highest BCUT2D eigenvalue weighted by Crippen LogP contribution is 2.40. The lowest BCUT2D eigenvalue weighted by Crippen LogP contribution is -2.00. The van der Waals surface area contributed by atoms with Crippen molar-refractivity contribution in [3.8, 4) is 34.2 Å². The molecular formula is C38H25N3O. The van der Waals surface area contributed by atoms with Crippen molar-refractivity contribution in [1.82, 2.24) is 15.0 Å². The third-order valence-electron chi connectivity index (χ3n) is 7.83. The molecule has 1 unspecified atom stereocenters. The largest absolute Gasteiger partial charge is 0.456 e. The molecule has 8 rings (SSSR count). The van der Waals surface area contributed by atoms with E-state index in [0.717, 1.165) is 38.6 Å². The lowest BCUT2D eigenvalue weighted by molar-refractivity contribution is 0.669. The summed E-state index contributed by atoms with van der Waals surface area (Å²) in [6, 6.07) is 43.4. The smallest absolute Gasteiger partial charge is 0.164 e. The van der Waals surface area contributed by atoms with Gasteiger partial charge in [0.2, 0.25) is 0 Å². The van der Waals surface area contributed by atoms with E-state index in [2.05, 4.69) is 78.9 Å². The van der Waals surface area contributed by atoms with Gasteiger partial charge in [0.25, 0.3) is 0 Å². The van der Waals surface area contributed by atoms with Crippen molar-refractivity contribution in [3.05, 3.63) is 157 Å². The van der Waals surface area contributed by atoms with Gasteiger partial charge < -0.3 is 4.42 Å². The molecule has 0 saturated heterocycles. The van der Waals surface area contributed by atoms with Crippen molar-refractivity contribution in [2.75, 3.05) is 0 Å². The number of hydrogen-bond donors (Lipinski definition) is 0. The monoisotopic (exact) mass is 539 g/mol. The summed E-state index contributed by atoms with van der Waals surface area (Å²) in [7, 11) is 0. The van der Waals surface area contributed by atoms with Crippen molar-refractivity contribution in [2.24, 2.45) is 0 Å². The second-order valence-corrected chi connectivity index (χ2v) is 10.5. The minimum atomic E-state index is 0.207. The molecule has 0 amide bonds. The molecule has 198 valence electrons. The van der Waals surface area contributed by atoms with Gasteiger partial charge in [0.05, 0.1) is 0 Å². The van der Waals surface area contributed by atoms with Gasteiger partial charge in [-0.25, -0.2) is 15.0 Å². The Bertz CT molecular complexity index is 2070. The molecule has 0 aliphatic heterocycles. The van der Waals surface area contributed by atoms with Crippen LogP contribution < -0.4 is 0 Å². The van der Waals surface area contributed by atoms with Gasteiger partial charge in [-0.2, -0.15) is 0 Å². The van der Waals surface area contributed by atoms with Crippen LogP contribution in [0.1, 0.15) is 17.0 Å². The Morgan fingerprint density at radius 3 is 1.71 bits per heavy atom. The molecule has 42 heavy (non-hydrogen) atoms. The molecule has 7 aromatic rings. The lowest BCUT2D eigenvalue weighted by atomic mass is 9.88. The zero-order valence-electron chi connectivity index (χ0n) is 22.7. The SMILES string of the molecule is C1=CC(c2ccc3oc4cc(-c5nc(-c6ccccc6)nc(-c6ccccc6)n5)ccc4c3c2)C(c2ccccc2)=C1. The highest BCUT2D eigenvalue weighted by molar-refractivity contribution is 6.06. The van der Waals surface area contributed by atoms with Gasteiger partial charge in [-0.1, -0.05) is 121 Å². The minimum Gasteiger partial charge on any atom is -0.456 e. The zero-order chi connectivity index (χ0) is 27.9. The van der Waals surface area contributed by atoms with E-state index in [4.69, 9.17) is 19.4 Å². The quantitative estimate of drug-likeness (QED) is 0.219. The van der Waals surface area contributed by atoms with Gasteiger partial charge in [0.1, 0.15) is 11.2 Å². The number of nitrogens with zero attached hydrogens (tertiary/aromatic N) is 3. The second kappa shape index (κ2) is 10.1. The van der Waals surface area contributed by atoms with Gasteiger partial charge in [-0.3, -0.25) is 0 Å². The van der Waals surface area contributed by atoms with Crippen LogP contribution in [0.4, 0.5) is 0 Å². The second-order valence-electron chi connectivity index (χ2n) is 10.5. The summed E-state index contributed by atoms with van der Waals surface area (Å²) in [5, 5.41) is 2.18. The first-order valence-corrected chi connectivity index (χ1v) is 14.1. The number of benzene rings is 5. The molecule has 0 N–H and O–H groups in total. The molecule has 0 radical (unpaired) electrons. The average Bonchev–Trinajstić information content (AvgIpc) is 3.70. The highest BCUT2D eigenvalue weighted by Gasteiger charge is 2.20. The van der Waals surface area contributed by atoms with Crippen LogP contribution in [0.3, 0.4) is 0 Å². The fourth-order valence-corrected chi connectivity index (χ4v) is 5.74. The molecule has 4 nitrogen and oxygen atoms in total. The Kier molecular flexibility index (Phi) is 5.82. The molecule has 0 fully saturated rings. The predicted molar refractivity (Wildman–Crippen MR) is 170 cm³/mol. The third kappa shape index (κ3) is 4.30. The Balaban J connectivity index is 1.21. The fourth-order valence-electron chi connectivity index (χ4n) is 5.74. The lowest BCUT2D eigenvalue weighted by Gasteiger charge is -2.15. The van der Waals surface area contributed by atoms with Crippen LogP contribution in [-0.2, 0) is 0 Å². The van der Waals surface area contributed by atoms with Crippen LogP contribution in [-0.4, -0.2) is 15.0 Å². The summed E-state index contributed by atoms with van der Waals surface area (Å²) in [6.45, 7) is 0. The van der Waals surface area contributed by atoms with Crippen molar-refractivity contribution < 1.29 is 4.42 Å². The van der Waals surface area contributed by atoms with E-state index in [9.17, 15) is 0 Å². The molecular weight excluding hydrogens is 514 g/mol. The van der Waals surface area contributed by atoms with Crippen molar-refractivity contribution >= 4 is 27.5 Å². The van der Waals surface area contributed by atoms with E-state index in [0.29, 0.717) is 17.5 Å².